The lowest BCUT2D eigenvalue weighted by molar-refractivity contribution is 0.0303. The lowest BCUT2D eigenvalue weighted by Gasteiger charge is -2.26. The number of fused-ring (bicyclic) bond motifs is 1. The van der Waals surface area contributed by atoms with E-state index in [4.69, 9.17) is 4.74 Å². The average Bonchev–Trinajstić information content (AvgIpc) is 3.24. The maximum absolute atomic E-state index is 13.0. The van der Waals surface area contributed by atoms with Crippen molar-refractivity contribution in [2.45, 2.75) is 6.92 Å². The molecule has 0 spiro atoms. The zero-order valence-corrected chi connectivity index (χ0v) is 19.5. The van der Waals surface area contributed by atoms with E-state index in [0.717, 1.165) is 27.2 Å². The van der Waals surface area contributed by atoms with Crippen molar-refractivity contribution in [1.82, 2.24) is 29.0 Å². The molecule has 0 N–H and O–H groups in total. The molecule has 11 heteroatoms. The van der Waals surface area contributed by atoms with E-state index in [2.05, 4.69) is 20.1 Å². The summed E-state index contributed by atoms with van der Waals surface area (Å²) in [5.74, 6) is 0.102. The second-order valence-electron chi connectivity index (χ2n) is 8.10. The minimum absolute atomic E-state index is 0.148. The van der Waals surface area contributed by atoms with Crippen molar-refractivity contribution in [1.29, 1.82) is 0 Å². The third-order valence-corrected chi connectivity index (χ3v) is 6.49. The van der Waals surface area contributed by atoms with Gasteiger partial charge in [0.25, 0.3) is 15.9 Å². The van der Waals surface area contributed by atoms with Crippen molar-refractivity contribution >= 4 is 26.8 Å². The zero-order valence-electron chi connectivity index (χ0n) is 18.7. The van der Waals surface area contributed by atoms with Gasteiger partial charge in [-0.1, -0.05) is 0 Å². The van der Waals surface area contributed by atoms with Gasteiger partial charge in [-0.05, 0) is 42.8 Å². The number of carbonyl (C=O) groups excluding carboxylic acids is 1. The standard InChI is InChI=1S/C23H22N6O4S/c1-15-5-6-24-19(11-15)17-13-25-22(26-14-17)21-18-12-16(23(30)28-7-9-33-10-8-28)3-4-20(18)29(27-21)34(2,31)32/h3-6,11-14H,7-10H2,1-2H3. The summed E-state index contributed by atoms with van der Waals surface area (Å²) in [5.41, 5.74) is 3.58. The van der Waals surface area contributed by atoms with Crippen molar-refractivity contribution in [2.75, 3.05) is 32.6 Å². The van der Waals surface area contributed by atoms with E-state index < -0.39 is 10.0 Å². The van der Waals surface area contributed by atoms with E-state index >= 15 is 0 Å². The first kappa shape index (κ1) is 22.1. The molecule has 0 saturated carbocycles. The van der Waals surface area contributed by atoms with E-state index in [0.29, 0.717) is 42.8 Å². The molecule has 1 fully saturated rings. The van der Waals surface area contributed by atoms with Crippen LogP contribution in [0.3, 0.4) is 0 Å². The quantitative estimate of drug-likeness (QED) is 0.438. The number of nitrogens with zero attached hydrogens (tertiary/aromatic N) is 6. The fraction of sp³-hybridized carbons (Fsp3) is 0.261. The average molecular weight is 479 g/mol. The second-order valence-corrected chi connectivity index (χ2v) is 9.92. The molecule has 0 bridgehead atoms. The first-order valence-corrected chi connectivity index (χ1v) is 12.5. The first-order chi connectivity index (χ1) is 16.3. The van der Waals surface area contributed by atoms with Gasteiger partial charge in [0, 0.05) is 48.2 Å². The van der Waals surface area contributed by atoms with Gasteiger partial charge in [-0.2, -0.15) is 9.19 Å². The largest absolute Gasteiger partial charge is 0.378 e. The lowest BCUT2D eigenvalue weighted by atomic mass is 10.1. The Hall–Kier alpha value is -3.70. The molecule has 4 heterocycles. The number of benzene rings is 1. The number of ether oxygens (including phenoxy) is 1. The van der Waals surface area contributed by atoms with Gasteiger partial charge < -0.3 is 9.64 Å². The Kier molecular flexibility index (Phi) is 5.58. The molecule has 0 aliphatic carbocycles. The lowest BCUT2D eigenvalue weighted by Crippen LogP contribution is -2.40. The second kappa shape index (κ2) is 8.58. The van der Waals surface area contributed by atoms with Crippen molar-refractivity contribution in [3.8, 4) is 22.8 Å². The molecule has 1 saturated heterocycles. The normalized spacial score (nSPS) is 14.5. The van der Waals surface area contributed by atoms with Crippen molar-refractivity contribution in [3.05, 3.63) is 60.0 Å². The van der Waals surface area contributed by atoms with Gasteiger partial charge in [0.15, 0.2) is 5.82 Å². The zero-order chi connectivity index (χ0) is 23.9. The number of hydrogen-bond acceptors (Lipinski definition) is 8. The Balaban J connectivity index is 1.60. The Morgan fingerprint density at radius 3 is 2.44 bits per heavy atom. The number of aryl methyl sites for hydroxylation is 1. The number of morpholine rings is 1. The fourth-order valence-corrected chi connectivity index (χ4v) is 4.61. The molecular weight excluding hydrogens is 456 g/mol. The summed E-state index contributed by atoms with van der Waals surface area (Å²) in [4.78, 5) is 27.9. The summed E-state index contributed by atoms with van der Waals surface area (Å²) < 4.78 is 31.1. The minimum atomic E-state index is -3.70. The number of rotatable bonds is 4. The predicted octanol–water partition coefficient (Wildman–Crippen LogP) is 2.14. The molecule has 3 aromatic heterocycles. The number of carbonyl (C=O) groups is 1. The third-order valence-electron chi connectivity index (χ3n) is 5.58. The number of pyridine rings is 1. The molecule has 0 atom stereocenters. The van der Waals surface area contributed by atoms with Crippen LogP contribution < -0.4 is 0 Å². The van der Waals surface area contributed by atoms with Gasteiger partial charge in [-0.3, -0.25) is 9.78 Å². The molecule has 1 aliphatic rings. The van der Waals surface area contributed by atoms with Crippen LogP contribution in [0.5, 0.6) is 0 Å². The molecule has 34 heavy (non-hydrogen) atoms. The highest BCUT2D eigenvalue weighted by Crippen LogP contribution is 2.29. The minimum Gasteiger partial charge on any atom is -0.378 e. The summed E-state index contributed by atoms with van der Waals surface area (Å²) in [7, 11) is -3.70. The van der Waals surface area contributed by atoms with Gasteiger partial charge in [0.1, 0.15) is 5.69 Å². The van der Waals surface area contributed by atoms with Gasteiger partial charge >= 0.3 is 0 Å². The Labute approximate surface area is 196 Å². The summed E-state index contributed by atoms with van der Waals surface area (Å²) in [6.45, 7) is 3.95. The highest BCUT2D eigenvalue weighted by Gasteiger charge is 2.23. The van der Waals surface area contributed by atoms with Gasteiger partial charge in [-0.25, -0.2) is 18.4 Å². The number of aromatic nitrogens is 5. The third kappa shape index (κ3) is 4.15. The van der Waals surface area contributed by atoms with Gasteiger partial charge in [-0.15, -0.1) is 0 Å². The molecule has 0 radical (unpaired) electrons. The molecule has 0 unspecified atom stereocenters. The van der Waals surface area contributed by atoms with Crippen LogP contribution in [0.1, 0.15) is 15.9 Å². The number of amides is 1. The van der Waals surface area contributed by atoms with Crippen molar-refractivity contribution < 1.29 is 17.9 Å². The van der Waals surface area contributed by atoms with E-state index in [1.54, 1.807) is 41.7 Å². The van der Waals surface area contributed by atoms with Gasteiger partial charge in [0.05, 0.1) is 30.7 Å². The molecule has 4 aromatic rings. The summed E-state index contributed by atoms with van der Waals surface area (Å²) in [6, 6.07) is 8.68. The van der Waals surface area contributed by atoms with Crippen LogP contribution in [-0.2, 0) is 14.8 Å². The molecule has 1 aliphatic heterocycles. The van der Waals surface area contributed by atoms with Crippen LogP contribution in [0.2, 0.25) is 0 Å². The van der Waals surface area contributed by atoms with E-state index in [1.165, 1.54) is 0 Å². The van der Waals surface area contributed by atoms with Crippen LogP contribution >= 0.6 is 0 Å². The smallest absolute Gasteiger partial charge is 0.254 e. The summed E-state index contributed by atoms with van der Waals surface area (Å²) in [5, 5.41) is 4.78. The first-order valence-electron chi connectivity index (χ1n) is 10.7. The van der Waals surface area contributed by atoms with Crippen LogP contribution in [0.25, 0.3) is 33.7 Å². The Morgan fingerprint density at radius 2 is 1.76 bits per heavy atom. The fourth-order valence-electron chi connectivity index (χ4n) is 3.87. The van der Waals surface area contributed by atoms with Crippen LogP contribution in [0.15, 0.2) is 48.9 Å². The van der Waals surface area contributed by atoms with Crippen LogP contribution in [0.4, 0.5) is 0 Å². The SMILES string of the molecule is Cc1ccnc(-c2cnc(-c3nn(S(C)(=O)=O)c4ccc(C(=O)N5CCOCC5)cc34)nc2)c1. The highest BCUT2D eigenvalue weighted by atomic mass is 32.2. The molecule has 5 rings (SSSR count). The molecule has 10 nitrogen and oxygen atoms in total. The van der Waals surface area contributed by atoms with E-state index in [9.17, 15) is 13.2 Å². The number of hydrogen-bond donors (Lipinski definition) is 0. The van der Waals surface area contributed by atoms with Crippen LogP contribution in [-0.4, -0.2) is 75.9 Å². The van der Waals surface area contributed by atoms with Gasteiger partial charge in [0.2, 0.25) is 0 Å². The molecular formula is C23H22N6O4S. The van der Waals surface area contributed by atoms with Crippen molar-refractivity contribution in [3.63, 3.8) is 0 Å². The Bertz CT molecular complexity index is 1490. The molecule has 1 amide bonds. The van der Waals surface area contributed by atoms with E-state index in [1.807, 2.05) is 19.1 Å². The van der Waals surface area contributed by atoms with Crippen molar-refractivity contribution in [2.24, 2.45) is 0 Å². The predicted molar refractivity (Wildman–Crippen MR) is 126 cm³/mol. The highest BCUT2D eigenvalue weighted by molar-refractivity contribution is 7.89. The molecule has 1 aromatic carbocycles. The summed E-state index contributed by atoms with van der Waals surface area (Å²) >= 11 is 0. The Morgan fingerprint density at radius 1 is 1.03 bits per heavy atom. The molecule has 174 valence electrons. The maximum atomic E-state index is 13.0. The van der Waals surface area contributed by atoms with Crippen LogP contribution in [0, 0.1) is 6.92 Å². The monoisotopic (exact) mass is 478 g/mol. The maximum Gasteiger partial charge on any atom is 0.254 e. The topological polar surface area (TPSA) is 120 Å². The van der Waals surface area contributed by atoms with E-state index in [-0.39, 0.29) is 17.4 Å². The summed E-state index contributed by atoms with van der Waals surface area (Å²) in [6.07, 6.45) is 6.03.